The number of fused-ring (bicyclic) bond motifs is 1. The molecule has 0 radical (unpaired) electrons. The average molecular weight is 516 g/mol. The van der Waals surface area contributed by atoms with E-state index < -0.39 is 0 Å². The van der Waals surface area contributed by atoms with Crippen molar-refractivity contribution < 1.29 is 9.59 Å². The Morgan fingerprint density at radius 1 is 0.944 bits per heavy atom. The van der Waals surface area contributed by atoms with Gasteiger partial charge in [0.1, 0.15) is 0 Å². The molecule has 1 aromatic heterocycles. The first-order valence-electron chi connectivity index (χ1n) is 12.4. The van der Waals surface area contributed by atoms with Crippen LogP contribution in [-0.2, 0) is 9.59 Å². The van der Waals surface area contributed by atoms with Crippen molar-refractivity contribution in [2.75, 3.05) is 10.6 Å². The summed E-state index contributed by atoms with van der Waals surface area (Å²) in [6, 6.07) is 22.2. The summed E-state index contributed by atoms with van der Waals surface area (Å²) in [7, 11) is 0. The number of nitrogens with zero attached hydrogens (tertiary/aromatic N) is 1. The molecule has 0 bridgehead atoms. The zero-order valence-corrected chi connectivity index (χ0v) is 21.8. The third kappa shape index (κ3) is 5.97. The molecule has 7 heteroatoms. The lowest BCUT2D eigenvalue weighted by Crippen LogP contribution is -2.24. The Kier molecular flexibility index (Phi) is 7.68. The number of thiazole rings is 1. The summed E-state index contributed by atoms with van der Waals surface area (Å²) in [6.45, 7) is 1.89. The van der Waals surface area contributed by atoms with E-state index in [1.807, 2.05) is 48.7 Å². The molecule has 3 aromatic carbocycles. The van der Waals surface area contributed by atoms with Crippen LogP contribution in [0.25, 0.3) is 22.0 Å². The summed E-state index contributed by atoms with van der Waals surface area (Å²) in [5, 5.41) is 10.6. The molecule has 1 atom stereocenters. The fourth-order valence-electron chi connectivity index (χ4n) is 4.50. The minimum atomic E-state index is -0.291. The number of amides is 2. The lowest BCUT2D eigenvalue weighted by Gasteiger charge is -2.20. The maximum absolute atomic E-state index is 12.8. The van der Waals surface area contributed by atoms with E-state index in [2.05, 4.69) is 45.9 Å². The summed E-state index contributed by atoms with van der Waals surface area (Å²) < 4.78 is 0. The number of benzene rings is 3. The Balaban J connectivity index is 1.15. The number of hydrogen-bond acceptors (Lipinski definition) is 5. The Labute approximate surface area is 219 Å². The van der Waals surface area contributed by atoms with E-state index in [9.17, 15) is 9.59 Å². The van der Waals surface area contributed by atoms with E-state index in [-0.39, 0.29) is 23.0 Å². The molecule has 1 aliphatic carbocycles. The number of rotatable bonds is 7. The van der Waals surface area contributed by atoms with Crippen LogP contribution >= 0.6 is 23.1 Å². The van der Waals surface area contributed by atoms with Crippen molar-refractivity contribution in [3.05, 3.63) is 72.1 Å². The Bertz CT molecular complexity index is 1360. The van der Waals surface area contributed by atoms with Gasteiger partial charge >= 0.3 is 0 Å². The second-order valence-corrected chi connectivity index (χ2v) is 11.5. The molecule has 36 heavy (non-hydrogen) atoms. The van der Waals surface area contributed by atoms with Gasteiger partial charge in [0.25, 0.3) is 0 Å². The van der Waals surface area contributed by atoms with Gasteiger partial charge in [0.2, 0.25) is 11.8 Å². The number of carbonyl (C=O) groups is 2. The minimum absolute atomic E-state index is 0.0888. The first-order chi connectivity index (χ1) is 17.5. The lowest BCUT2D eigenvalue weighted by atomic mass is 9.88. The quantitative estimate of drug-likeness (QED) is 0.249. The maximum Gasteiger partial charge on any atom is 0.239 e. The molecule has 0 saturated heterocycles. The summed E-state index contributed by atoms with van der Waals surface area (Å²) in [4.78, 5) is 30.9. The van der Waals surface area contributed by atoms with E-state index >= 15 is 0 Å². The van der Waals surface area contributed by atoms with Gasteiger partial charge in [0, 0.05) is 27.4 Å². The SMILES string of the molecule is CC(Sc1ccc(NC(=O)C2CCCCC2)cc1)C(=O)Nc1nc(-c2ccc3ccccc3c2)cs1. The van der Waals surface area contributed by atoms with E-state index in [0.29, 0.717) is 5.13 Å². The lowest BCUT2D eigenvalue weighted by molar-refractivity contribution is -0.120. The highest BCUT2D eigenvalue weighted by Gasteiger charge is 2.21. The number of anilines is 2. The van der Waals surface area contributed by atoms with Gasteiger partial charge in [-0.3, -0.25) is 9.59 Å². The van der Waals surface area contributed by atoms with Crippen molar-refractivity contribution in [3.8, 4) is 11.3 Å². The van der Waals surface area contributed by atoms with Gasteiger partial charge in [-0.25, -0.2) is 4.98 Å². The van der Waals surface area contributed by atoms with Crippen LogP contribution in [-0.4, -0.2) is 22.0 Å². The standard InChI is InChI=1S/C29H29N3O2S2/c1-19(36-25-15-13-24(14-16-25)30-28(34)21-8-3-2-4-9-21)27(33)32-29-31-26(18-35-29)23-12-11-20-7-5-6-10-22(20)17-23/h5-7,10-19,21H,2-4,8-9H2,1H3,(H,30,34)(H,31,32,33). The first kappa shape index (κ1) is 24.5. The maximum atomic E-state index is 12.8. The number of nitrogens with one attached hydrogen (secondary N) is 2. The highest BCUT2D eigenvalue weighted by atomic mass is 32.2. The third-order valence-corrected chi connectivity index (χ3v) is 8.43. The molecular formula is C29H29N3O2S2. The molecule has 0 aliphatic heterocycles. The molecule has 1 fully saturated rings. The summed E-state index contributed by atoms with van der Waals surface area (Å²) in [5.74, 6) is 0.160. The third-order valence-electron chi connectivity index (χ3n) is 6.56. The fourth-order valence-corrected chi connectivity index (χ4v) is 6.09. The van der Waals surface area contributed by atoms with Crippen LogP contribution in [0.4, 0.5) is 10.8 Å². The summed E-state index contributed by atoms with van der Waals surface area (Å²) in [5.41, 5.74) is 2.69. The van der Waals surface area contributed by atoms with Crippen molar-refractivity contribution in [3.63, 3.8) is 0 Å². The van der Waals surface area contributed by atoms with Crippen LogP contribution in [0, 0.1) is 5.92 Å². The number of carbonyl (C=O) groups excluding carboxylic acids is 2. The molecule has 5 nitrogen and oxygen atoms in total. The number of hydrogen-bond donors (Lipinski definition) is 2. The van der Waals surface area contributed by atoms with Crippen LogP contribution in [0.2, 0.25) is 0 Å². The molecule has 1 heterocycles. The van der Waals surface area contributed by atoms with Gasteiger partial charge in [-0.2, -0.15) is 0 Å². The fraction of sp³-hybridized carbons (Fsp3) is 0.276. The Hall–Kier alpha value is -3.16. The highest BCUT2D eigenvalue weighted by Crippen LogP contribution is 2.30. The predicted molar refractivity (Wildman–Crippen MR) is 151 cm³/mol. The van der Waals surface area contributed by atoms with Crippen LogP contribution in [0.1, 0.15) is 39.0 Å². The van der Waals surface area contributed by atoms with Crippen LogP contribution in [0.3, 0.4) is 0 Å². The van der Waals surface area contributed by atoms with Gasteiger partial charge < -0.3 is 10.6 Å². The molecule has 184 valence electrons. The van der Waals surface area contributed by atoms with E-state index in [1.165, 1.54) is 34.9 Å². The minimum Gasteiger partial charge on any atom is -0.326 e. The van der Waals surface area contributed by atoms with Gasteiger partial charge in [0.15, 0.2) is 5.13 Å². The second-order valence-electron chi connectivity index (χ2n) is 9.20. The molecule has 5 rings (SSSR count). The Morgan fingerprint density at radius 3 is 2.47 bits per heavy atom. The normalized spacial score (nSPS) is 14.9. The van der Waals surface area contributed by atoms with E-state index in [4.69, 9.17) is 0 Å². The van der Waals surface area contributed by atoms with Gasteiger partial charge in [-0.15, -0.1) is 23.1 Å². The molecule has 1 saturated carbocycles. The van der Waals surface area contributed by atoms with Crippen molar-refractivity contribution in [2.45, 2.75) is 49.2 Å². The molecule has 0 spiro atoms. The molecule has 1 unspecified atom stereocenters. The molecule has 1 aliphatic rings. The van der Waals surface area contributed by atoms with Crippen LogP contribution in [0.5, 0.6) is 0 Å². The molecule has 4 aromatic rings. The molecule has 2 N–H and O–H groups in total. The molecular weight excluding hydrogens is 486 g/mol. The summed E-state index contributed by atoms with van der Waals surface area (Å²) >= 11 is 2.91. The predicted octanol–water partition coefficient (Wildman–Crippen LogP) is 7.60. The van der Waals surface area contributed by atoms with Gasteiger partial charge in [-0.1, -0.05) is 55.7 Å². The van der Waals surface area contributed by atoms with Gasteiger partial charge in [-0.05, 0) is 60.9 Å². The van der Waals surface area contributed by atoms with Crippen molar-refractivity contribution in [2.24, 2.45) is 5.92 Å². The highest BCUT2D eigenvalue weighted by molar-refractivity contribution is 8.00. The van der Waals surface area contributed by atoms with Crippen molar-refractivity contribution in [1.82, 2.24) is 4.98 Å². The largest absolute Gasteiger partial charge is 0.326 e. The van der Waals surface area contributed by atoms with E-state index in [1.54, 1.807) is 0 Å². The second kappa shape index (κ2) is 11.3. The van der Waals surface area contributed by atoms with Gasteiger partial charge in [0.05, 0.1) is 10.9 Å². The van der Waals surface area contributed by atoms with E-state index in [0.717, 1.165) is 52.9 Å². The van der Waals surface area contributed by atoms with Crippen molar-refractivity contribution in [1.29, 1.82) is 0 Å². The molecule has 2 amide bonds. The Morgan fingerprint density at radius 2 is 1.69 bits per heavy atom. The van der Waals surface area contributed by atoms with Crippen molar-refractivity contribution >= 4 is 56.5 Å². The first-order valence-corrected chi connectivity index (χ1v) is 14.1. The zero-order chi connectivity index (χ0) is 24.9. The van der Waals surface area contributed by atoms with Crippen LogP contribution < -0.4 is 10.6 Å². The average Bonchev–Trinajstić information content (AvgIpc) is 3.38. The smallest absolute Gasteiger partial charge is 0.239 e. The zero-order valence-electron chi connectivity index (χ0n) is 20.2. The number of thioether (sulfide) groups is 1. The monoisotopic (exact) mass is 515 g/mol. The van der Waals surface area contributed by atoms with Crippen LogP contribution in [0.15, 0.2) is 77.0 Å². The summed E-state index contributed by atoms with van der Waals surface area (Å²) in [6.07, 6.45) is 5.47. The topological polar surface area (TPSA) is 71.1 Å². The number of aromatic nitrogens is 1.